The summed E-state index contributed by atoms with van der Waals surface area (Å²) in [4.78, 5) is 6.44. The van der Waals surface area contributed by atoms with Crippen molar-refractivity contribution >= 4 is 11.5 Å². The average molecular weight is 264 g/mol. The number of anilines is 1. The number of rotatable bonds is 4. The molecule has 6 heteroatoms. The third-order valence-electron chi connectivity index (χ3n) is 2.62. The summed E-state index contributed by atoms with van der Waals surface area (Å²) >= 11 is 0. The number of ether oxygens (including phenoxy) is 1. The van der Waals surface area contributed by atoms with Gasteiger partial charge in [0.1, 0.15) is 6.61 Å². The van der Waals surface area contributed by atoms with Crippen molar-refractivity contribution in [2.24, 2.45) is 0 Å². The zero-order valence-corrected chi connectivity index (χ0v) is 12.0. The highest BCUT2D eigenvalue weighted by Crippen LogP contribution is 2.26. The highest BCUT2D eigenvalue weighted by molar-refractivity contribution is 5.58. The van der Waals surface area contributed by atoms with Gasteiger partial charge in [-0.25, -0.2) is 9.50 Å². The molecule has 0 radical (unpaired) electrons. The Morgan fingerprint density at radius 3 is 2.68 bits per heavy atom. The Bertz CT molecular complexity index is 584. The van der Waals surface area contributed by atoms with Gasteiger partial charge in [-0.1, -0.05) is 0 Å². The summed E-state index contributed by atoms with van der Waals surface area (Å²) in [5.41, 5.74) is 0.926. The second-order valence-corrected chi connectivity index (χ2v) is 5.52. The molecule has 2 aromatic heterocycles. The van der Waals surface area contributed by atoms with Gasteiger partial charge in [0.2, 0.25) is 0 Å². The molecule has 0 atom stereocenters. The molecule has 0 aliphatic heterocycles. The van der Waals surface area contributed by atoms with E-state index in [1.807, 2.05) is 25.9 Å². The van der Waals surface area contributed by atoms with Crippen LogP contribution in [-0.4, -0.2) is 46.0 Å². The fourth-order valence-corrected chi connectivity index (χ4v) is 1.68. The fourth-order valence-electron chi connectivity index (χ4n) is 1.68. The normalized spacial score (nSPS) is 11.9. The van der Waals surface area contributed by atoms with Gasteiger partial charge in [-0.05, 0) is 20.8 Å². The molecule has 0 aliphatic rings. The second kappa shape index (κ2) is 4.70. The van der Waals surface area contributed by atoms with Crippen LogP contribution in [0.5, 0.6) is 5.75 Å². The number of hydrogen-bond donors (Lipinski definition) is 1. The van der Waals surface area contributed by atoms with E-state index >= 15 is 0 Å². The zero-order chi connectivity index (χ0) is 14.2. The smallest absolute Gasteiger partial charge is 0.180 e. The standard InChI is InChI=1S/C13H20N4O2/c1-9-6-14-17-7-10(19-8-13(2,3)18)12(16(4)5)15-11(9)17/h6-7,18H,8H2,1-5H3. The Morgan fingerprint density at radius 1 is 1.42 bits per heavy atom. The summed E-state index contributed by atoms with van der Waals surface area (Å²) in [5, 5.41) is 14.0. The Balaban J connectivity index is 2.43. The molecule has 0 fully saturated rings. The lowest BCUT2D eigenvalue weighted by Crippen LogP contribution is -2.28. The monoisotopic (exact) mass is 264 g/mol. The quantitative estimate of drug-likeness (QED) is 0.900. The molecule has 0 saturated heterocycles. The Hall–Kier alpha value is -1.82. The van der Waals surface area contributed by atoms with E-state index in [0.29, 0.717) is 5.75 Å². The third kappa shape index (κ3) is 2.96. The molecule has 0 spiro atoms. The zero-order valence-electron chi connectivity index (χ0n) is 12.0. The van der Waals surface area contributed by atoms with Crippen molar-refractivity contribution in [3.8, 4) is 5.75 Å². The highest BCUT2D eigenvalue weighted by atomic mass is 16.5. The van der Waals surface area contributed by atoms with Crippen LogP contribution in [-0.2, 0) is 0 Å². The first kappa shape index (κ1) is 13.6. The van der Waals surface area contributed by atoms with Gasteiger partial charge in [0.15, 0.2) is 17.2 Å². The minimum atomic E-state index is -0.890. The lowest BCUT2D eigenvalue weighted by atomic mass is 10.2. The molecule has 0 aromatic carbocycles. The molecule has 2 aromatic rings. The van der Waals surface area contributed by atoms with Gasteiger partial charge in [-0.2, -0.15) is 5.10 Å². The van der Waals surface area contributed by atoms with E-state index in [1.54, 1.807) is 30.8 Å². The molecular formula is C13H20N4O2. The fraction of sp³-hybridized carbons (Fsp3) is 0.538. The van der Waals surface area contributed by atoms with Crippen molar-refractivity contribution in [3.63, 3.8) is 0 Å². The number of fused-ring (bicyclic) bond motifs is 1. The van der Waals surface area contributed by atoms with E-state index in [1.165, 1.54) is 0 Å². The maximum atomic E-state index is 9.74. The third-order valence-corrected chi connectivity index (χ3v) is 2.62. The molecule has 19 heavy (non-hydrogen) atoms. The van der Waals surface area contributed by atoms with E-state index in [9.17, 15) is 5.11 Å². The first-order valence-corrected chi connectivity index (χ1v) is 6.15. The van der Waals surface area contributed by atoms with Gasteiger partial charge < -0.3 is 14.7 Å². The van der Waals surface area contributed by atoms with Crippen molar-refractivity contribution in [3.05, 3.63) is 18.0 Å². The van der Waals surface area contributed by atoms with Crippen molar-refractivity contribution in [1.29, 1.82) is 0 Å². The van der Waals surface area contributed by atoms with Crippen LogP contribution in [0.1, 0.15) is 19.4 Å². The Labute approximate surface area is 112 Å². The molecule has 0 amide bonds. The van der Waals surface area contributed by atoms with Crippen molar-refractivity contribution in [2.45, 2.75) is 26.4 Å². The number of nitrogens with zero attached hydrogens (tertiary/aromatic N) is 4. The first-order chi connectivity index (χ1) is 8.78. The predicted octanol–water partition coefficient (Wildman–Crippen LogP) is 1.25. The minimum absolute atomic E-state index is 0.196. The summed E-state index contributed by atoms with van der Waals surface area (Å²) in [5.74, 6) is 1.32. The van der Waals surface area contributed by atoms with Gasteiger partial charge in [-0.3, -0.25) is 0 Å². The first-order valence-electron chi connectivity index (χ1n) is 6.15. The molecule has 0 saturated carbocycles. The van der Waals surface area contributed by atoms with Crippen molar-refractivity contribution in [2.75, 3.05) is 25.6 Å². The molecule has 104 valence electrons. The molecule has 2 heterocycles. The largest absolute Gasteiger partial charge is 0.485 e. The molecule has 0 bridgehead atoms. The highest BCUT2D eigenvalue weighted by Gasteiger charge is 2.17. The van der Waals surface area contributed by atoms with Crippen molar-refractivity contribution < 1.29 is 9.84 Å². The molecule has 0 aliphatic carbocycles. The van der Waals surface area contributed by atoms with Crippen LogP contribution < -0.4 is 9.64 Å². The number of aromatic nitrogens is 3. The second-order valence-electron chi connectivity index (χ2n) is 5.52. The number of aliphatic hydroxyl groups is 1. The number of hydrogen-bond acceptors (Lipinski definition) is 5. The topological polar surface area (TPSA) is 62.9 Å². The van der Waals surface area contributed by atoms with Crippen LogP contribution in [0.2, 0.25) is 0 Å². The van der Waals surface area contributed by atoms with E-state index in [-0.39, 0.29) is 6.61 Å². The molecule has 6 nitrogen and oxygen atoms in total. The lowest BCUT2D eigenvalue weighted by Gasteiger charge is -2.21. The van der Waals surface area contributed by atoms with Crippen LogP contribution in [0.3, 0.4) is 0 Å². The van der Waals surface area contributed by atoms with E-state index in [2.05, 4.69) is 10.1 Å². The van der Waals surface area contributed by atoms with Gasteiger partial charge in [0.05, 0.1) is 18.0 Å². The Morgan fingerprint density at radius 2 is 2.11 bits per heavy atom. The molecule has 2 rings (SSSR count). The molecule has 1 N–H and O–H groups in total. The summed E-state index contributed by atoms with van der Waals surface area (Å²) in [7, 11) is 3.81. The lowest BCUT2D eigenvalue weighted by molar-refractivity contribution is 0.0284. The molecule has 0 unspecified atom stereocenters. The SMILES string of the molecule is Cc1cnn2cc(OCC(C)(C)O)c(N(C)C)nc12. The summed E-state index contributed by atoms with van der Waals surface area (Å²) in [6, 6.07) is 0. The maximum Gasteiger partial charge on any atom is 0.180 e. The van der Waals surface area contributed by atoms with E-state index < -0.39 is 5.60 Å². The van der Waals surface area contributed by atoms with Crippen LogP contribution in [0.25, 0.3) is 5.65 Å². The van der Waals surface area contributed by atoms with Gasteiger partial charge in [0.25, 0.3) is 0 Å². The van der Waals surface area contributed by atoms with E-state index in [0.717, 1.165) is 17.0 Å². The summed E-state index contributed by atoms with van der Waals surface area (Å²) in [6.07, 6.45) is 3.55. The van der Waals surface area contributed by atoms with Crippen molar-refractivity contribution in [1.82, 2.24) is 14.6 Å². The summed E-state index contributed by atoms with van der Waals surface area (Å²) < 4.78 is 7.35. The van der Waals surface area contributed by atoms with Crippen LogP contribution >= 0.6 is 0 Å². The maximum absolute atomic E-state index is 9.74. The molecular weight excluding hydrogens is 244 g/mol. The van der Waals surface area contributed by atoms with Gasteiger partial charge in [-0.15, -0.1) is 0 Å². The minimum Gasteiger partial charge on any atom is -0.485 e. The van der Waals surface area contributed by atoms with Gasteiger partial charge in [0, 0.05) is 19.7 Å². The summed E-state index contributed by atoms with van der Waals surface area (Å²) in [6.45, 7) is 5.56. The van der Waals surface area contributed by atoms with Crippen LogP contribution in [0.4, 0.5) is 5.82 Å². The van der Waals surface area contributed by atoms with Crippen LogP contribution in [0.15, 0.2) is 12.4 Å². The van der Waals surface area contributed by atoms with Gasteiger partial charge >= 0.3 is 0 Å². The number of aryl methyl sites for hydroxylation is 1. The van der Waals surface area contributed by atoms with E-state index in [4.69, 9.17) is 4.74 Å². The predicted molar refractivity (Wildman–Crippen MR) is 73.8 cm³/mol. The Kier molecular flexibility index (Phi) is 3.36. The average Bonchev–Trinajstić information content (AvgIpc) is 2.66. The van der Waals surface area contributed by atoms with Crippen LogP contribution in [0, 0.1) is 6.92 Å².